The van der Waals surface area contributed by atoms with Gasteiger partial charge in [0.2, 0.25) is 0 Å². The van der Waals surface area contributed by atoms with E-state index in [4.69, 9.17) is 6.42 Å². The predicted octanol–water partition coefficient (Wildman–Crippen LogP) is 2.96. The van der Waals surface area contributed by atoms with Gasteiger partial charge in [-0.15, -0.1) is 6.42 Å². The van der Waals surface area contributed by atoms with E-state index in [0.29, 0.717) is 6.04 Å². The van der Waals surface area contributed by atoms with Crippen LogP contribution in [-0.2, 0) is 0 Å². The molecule has 80 valence electrons. The maximum atomic E-state index is 5.50. The SMILES string of the molecule is C#CC(C)(C)NC1CCCCC1CC. The molecule has 2 atom stereocenters. The zero-order valence-corrected chi connectivity index (χ0v) is 9.77. The van der Waals surface area contributed by atoms with Crippen molar-refractivity contribution in [3.05, 3.63) is 0 Å². The molecule has 1 N–H and O–H groups in total. The molecule has 2 unspecified atom stereocenters. The second-order valence-corrected chi connectivity index (χ2v) is 4.97. The van der Waals surface area contributed by atoms with Gasteiger partial charge in [0, 0.05) is 6.04 Å². The molecule has 0 saturated heterocycles. The van der Waals surface area contributed by atoms with E-state index in [0.717, 1.165) is 5.92 Å². The van der Waals surface area contributed by atoms with Gasteiger partial charge >= 0.3 is 0 Å². The highest BCUT2D eigenvalue weighted by atomic mass is 15.0. The zero-order valence-electron chi connectivity index (χ0n) is 9.77. The molecule has 14 heavy (non-hydrogen) atoms. The van der Waals surface area contributed by atoms with Crippen molar-refractivity contribution >= 4 is 0 Å². The summed E-state index contributed by atoms with van der Waals surface area (Å²) < 4.78 is 0. The van der Waals surface area contributed by atoms with Gasteiger partial charge < -0.3 is 0 Å². The highest BCUT2D eigenvalue weighted by molar-refractivity contribution is 5.08. The molecule has 1 aliphatic rings. The van der Waals surface area contributed by atoms with Gasteiger partial charge in [-0.25, -0.2) is 0 Å². The lowest BCUT2D eigenvalue weighted by molar-refractivity contribution is 0.227. The Bertz CT molecular complexity index is 212. The second-order valence-electron chi connectivity index (χ2n) is 4.97. The van der Waals surface area contributed by atoms with Crippen molar-refractivity contribution in [1.29, 1.82) is 0 Å². The first kappa shape index (κ1) is 11.6. The Labute approximate surface area is 88.7 Å². The Morgan fingerprint density at radius 2 is 2.00 bits per heavy atom. The van der Waals surface area contributed by atoms with E-state index in [1.54, 1.807) is 0 Å². The minimum Gasteiger partial charge on any atom is -0.299 e. The number of hydrogen-bond acceptors (Lipinski definition) is 1. The maximum absolute atomic E-state index is 5.50. The van der Waals surface area contributed by atoms with Crippen LogP contribution in [0.1, 0.15) is 52.9 Å². The number of hydrogen-bond donors (Lipinski definition) is 1. The van der Waals surface area contributed by atoms with Crippen LogP contribution in [0.4, 0.5) is 0 Å². The van der Waals surface area contributed by atoms with Crippen LogP contribution >= 0.6 is 0 Å². The fraction of sp³-hybridized carbons (Fsp3) is 0.846. The fourth-order valence-corrected chi connectivity index (χ4v) is 2.39. The van der Waals surface area contributed by atoms with Gasteiger partial charge in [0.25, 0.3) is 0 Å². The van der Waals surface area contributed by atoms with Gasteiger partial charge in [0.15, 0.2) is 0 Å². The number of nitrogens with one attached hydrogen (secondary N) is 1. The van der Waals surface area contributed by atoms with Crippen LogP contribution in [0.3, 0.4) is 0 Å². The molecule has 0 bridgehead atoms. The molecule has 1 saturated carbocycles. The van der Waals surface area contributed by atoms with Crippen LogP contribution < -0.4 is 5.32 Å². The van der Waals surface area contributed by atoms with Crippen molar-refractivity contribution in [2.24, 2.45) is 5.92 Å². The quantitative estimate of drug-likeness (QED) is 0.680. The Kier molecular flexibility index (Phi) is 4.01. The lowest BCUT2D eigenvalue weighted by Gasteiger charge is -2.36. The average Bonchev–Trinajstić information content (AvgIpc) is 2.18. The summed E-state index contributed by atoms with van der Waals surface area (Å²) in [5, 5.41) is 3.61. The molecule has 1 fully saturated rings. The third-order valence-electron chi connectivity index (χ3n) is 3.34. The summed E-state index contributed by atoms with van der Waals surface area (Å²) in [6, 6.07) is 0.639. The Hall–Kier alpha value is -0.480. The largest absolute Gasteiger partial charge is 0.299 e. The topological polar surface area (TPSA) is 12.0 Å². The van der Waals surface area contributed by atoms with E-state index in [1.165, 1.54) is 32.1 Å². The van der Waals surface area contributed by atoms with Crippen LogP contribution in [0.2, 0.25) is 0 Å². The molecule has 1 rings (SSSR count). The van der Waals surface area contributed by atoms with Crippen LogP contribution in [0.25, 0.3) is 0 Å². The van der Waals surface area contributed by atoms with Gasteiger partial charge in [0.1, 0.15) is 0 Å². The third-order valence-corrected chi connectivity index (χ3v) is 3.34. The standard InChI is InChI=1S/C13H23N/c1-5-11-9-7-8-10-12(11)14-13(3,4)6-2/h2,11-12,14H,5,7-10H2,1,3-4H3. The van der Waals surface area contributed by atoms with Crippen molar-refractivity contribution in [1.82, 2.24) is 5.32 Å². The summed E-state index contributed by atoms with van der Waals surface area (Å²) in [5.41, 5.74) is -0.143. The minimum atomic E-state index is -0.143. The van der Waals surface area contributed by atoms with E-state index >= 15 is 0 Å². The molecular formula is C13H23N. The van der Waals surface area contributed by atoms with Crippen molar-refractivity contribution in [3.8, 4) is 12.3 Å². The van der Waals surface area contributed by atoms with Crippen LogP contribution in [0.5, 0.6) is 0 Å². The molecule has 0 heterocycles. The molecule has 0 radical (unpaired) electrons. The van der Waals surface area contributed by atoms with E-state index in [2.05, 4.69) is 32.0 Å². The summed E-state index contributed by atoms with van der Waals surface area (Å²) in [6.45, 7) is 6.47. The highest BCUT2D eigenvalue weighted by Crippen LogP contribution is 2.28. The van der Waals surface area contributed by atoms with E-state index in [9.17, 15) is 0 Å². The monoisotopic (exact) mass is 193 g/mol. The van der Waals surface area contributed by atoms with Crippen molar-refractivity contribution in [2.45, 2.75) is 64.5 Å². The van der Waals surface area contributed by atoms with Crippen LogP contribution in [-0.4, -0.2) is 11.6 Å². The van der Waals surface area contributed by atoms with E-state index in [-0.39, 0.29) is 5.54 Å². The molecule has 0 aromatic carbocycles. The van der Waals surface area contributed by atoms with Gasteiger partial charge in [0.05, 0.1) is 5.54 Å². The van der Waals surface area contributed by atoms with Gasteiger partial charge in [-0.1, -0.05) is 32.1 Å². The average molecular weight is 193 g/mol. The lowest BCUT2D eigenvalue weighted by Crippen LogP contribution is -2.49. The number of rotatable bonds is 3. The first-order valence-electron chi connectivity index (χ1n) is 5.84. The molecule has 1 nitrogen and oxygen atoms in total. The second kappa shape index (κ2) is 4.84. The maximum Gasteiger partial charge on any atom is 0.0743 e. The lowest BCUT2D eigenvalue weighted by atomic mass is 9.81. The normalized spacial score (nSPS) is 28.4. The van der Waals surface area contributed by atoms with Gasteiger partial charge in [-0.2, -0.15) is 0 Å². The molecular weight excluding hydrogens is 170 g/mol. The summed E-state index contributed by atoms with van der Waals surface area (Å²) in [4.78, 5) is 0. The summed E-state index contributed by atoms with van der Waals surface area (Å²) in [7, 11) is 0. The Balaban J connectivity index is 2.53. The molecule has 0 spiro atoms. The van der Waals surface area contributed by atoms with E-state index < -0.39 is 0 Å². The van der Waals surface area contributed by atoms with Crippen LogP contribution in [0.15, 0.2) is 0 Å². The first-order valence-corrected chi connectivity index (χ1v) is 5.84. The summed E-state index contributed by atoms with van der Waals surface area (Å²) in [6.07, 6.45) is 12.2. The smallest absolute Gasteiger partial charge is 0.0743 e. The number of terminal acetylenes is 1. The first-order chi connectivity index (χ1) is 6.59. The van der Waals surface area contributed by atoms with Crippen molar-refractivity contribution in [2.75, 3.05) is 0 Å². The molecule has 1 aliphatic carbocycles. The highest BCUT2D eigenvalue weighted by Gasteiger charge is 2.27. The van der Waals surface area contributed by atoms with Gasteiger partial charge in [-0.05, 0) is 32.6 Å². The molecule has 0 amide bonds. The van der Waals surface area contributed by atoms with Crippen molar-refractivity contribution in [3.63, 3.8) is 0 Å². The molecule has 0 aromatic rings. The van der Waals surface area contributed by atoms with Crippen molar-refractivity contribution < 1.29 is 0 Å². The molecule has 0 aliphatic heterocycles. The van der Waals surface area contributed by atoms with E-state index in [1.807, 2.05) is 0 Å². The summed E-state index contributed by atoms with van der Waals surface area (Å²) in [5.74, 6) is 3.65. The van der Waals surface area contributed by atoms with Gasteiger partial charge in [-0.3, -0.25) is 5.32 Å². The predicted molar refractivity (Wildman–Crippen MR) is 62.1 cm³/mol. The molecule has 1 heteroatoms. The Morgan fingerprint density at radius 1 is 1.36 bits per heavy atom. The van der Waals surface area contributed by atoms with Crippen LogP contribution in [0, 0.1) is 18.3 Å². The zero-order chi connectivity index (χ0) is 10.6. The molecule has 0 aromatic heterocycles. The Morgan fingerprint density at radius 3 is 2.57 bits per heavy atom. The minimum absolute atomic E-state index is 0.143. The third kappa shape index (κ3) is 3.03. The summed E-state index contributed by atoms with van der Waals surface area (Å²) >= 11 is 0. The fourth-order valence-electron chi connectivity index (χ4n) is 2.39.